The van der Waals surface area contributed by atoms with Gasteiger partial charge in [0.1, 0.15) is 5.75 Å². The summed E-state index contributed by atoms with van der Waals surface area (Å²) in [6, 6.07) is 14.0. The average molecular weight is 468 g/mol. The highest BCUT2D eigenvalue weighted by molar-refractivity contribution is 9.10. The number of carbonyl (C=O) groups excluding carboxylic acids is 1. The van der Waals surface area contributed by atoms with Gasteiger partial charge in [-0.15, -0.1) is 0 Å². The average Bonchev–Trinajstić information content (AvgIpc) is 3.15. The molecular formula is C20H22BrNO5S. The van der Waals surface area contributed by atoms with E-state index in [1.807, 2.05) is 12.1 Å². The van der Waals surface area contributed by atoms with E-state index in [1.54, 1.807) is 41.3 Å². The first-order chi connectivity index (χ1) is 13.3. The van der Waals surface area contributed by atoms with E-state index in [9.17, 15) is 13.2 Å². The number of hydrogen-bond acceptors (Lipinski definition) is 5. The van der Waals surface area contributed by atoms with Crippen LogP contribution in [0.2, 0.25) is 0 Å². The minimum absolute atomic E-state index is 0.0345. The summed E-state index contributed by atoms with van der Waals surface area (Å²) >= 11 is 3.38. The minimum atomic E-state index is -3.57. The van der Waals surface area contributed by atoms with Crippen LogP contribution in [0.1, 0.15) is 28.8 Å². The molecule has 1 fully saturated rings. The highest BCUT2D eigenvalue weighted by atomic mass is 79.9. The van der Waals surface area contributed by atoms with E-state index in [1.165, 1.54) is 0 Å². The molecule has 6 nitrogen and oxygen atoms in total. The van der Waals surface area contributed by atoms with Crippen LogP contribution < -0.4 is 4.18 Å². The molecule has 2 aromatic rings. The van der Waals surface area contributed by atoms with E-state index in [0.29, 0.717) is 18.7 Å². The summed E-state index contributed by atoms with van der Waals surface area (Å²) in [5, 5.41) is 0. The Labute approximate surface area is 173 Å². The molecule has 28 heavy (non-hydrogen) atoms. The van der Waals surface area contributed by atoms with Crippen LogP contribution in [0.15, 0.2) is 53.0 Å². The molecule has 1 amide bonds. The molecule has 0 aromatic heterocycles. The molecule has 0 spiro atoms. The quantitative estimate of drug-likeness (QED) is 0.581. The Morgan fingerprint density at radius 3 is 2.43 bits per heavy atom. The van der Waals surface area contributed by atoms with Gasteiger partial charge in [0.25, 0.3) is 5.91 Å². The highest BCUT2D eigenvalue weighted by Crippen LogP contribution is 2.20. The second-order valence-electron chi connectivity index (χ2n) is 6.76. The predicted molar refractivity (Wildman–Crippen MR) is 110 cm³/mol. The van der Waals surface area contributed by atoms with Gasteiger partial charge in [0, 0.05) is 29.7 Å². The predicted octanol–water partition coefficient (Wildman–Crippen LogP) is 3.61. The van der Waals surface area contributed by atoms with Crippen molar-refractivity contribution in [2.45, 2.75) is 25.5 Å². The molecule has 1 saturated heterocycles. The lowest BCUT2D eigenvalue weighted by Gasteiger charge is -2.26. The van der Waals surface area contributed by atoms with Gasteiger partial charge in [0.15, 0.2) is 0 Å². The Kier molecular flexibility index (Phi) is 6.74. The molecule has 0 bridgehead atoms. The topological polar surface area (TPSA) is 72.9 Å². The summed E-state index contributed by atoms with van der Waals surface area (Å²) in [5.41, 5.74) is 1.49. The Hall–Kier alpha value is -1.90. The van der Waals surface area contributed by atoms with Crippen molar-refractivity contribution >= 4 is 32.0 Å². The summed E-state index contributed by atoms with van der Waals surface area (Å²) in [5.74, 6) is 0.177. The lowest BCUT2D eigenvalue weighted by atomic mass is 10.1. The number of ether oxygens (including phenoxy) is 1. The molecule has 0 saturated carbocycles. The van der Waals surface area contributed by atoms with Crippen molar-refractivity contribution in [1.29, 1.82) is 0 Å². The number of amides is 1. The second kappa shape index (κ2) is 9.07. The molecule has 0 aliphatic carbocycles. The van der Waals surface area contributed by atoms with Crippen molar-refractivity contribution in [2.75, 3.05) is 19.4 Å². The van der Waals surface area contributed by atoms with Crippen LogP contribution in [-0.2, 0) is 21.4 Å². The lowest BCUT2D eigenvalue weighted by Crippen LogP contribution is -2.37. The molecule has 1 aliphatic heterocycles. The standard InChI is InChI=1S/C20H22BrNO5S/c1-28(24,25)27-18-10-4-15(5-11-18)13-22(14-19-3-2-12-26-19)20(23)16-6-8-17(21)9-7-16/h4-11,19H,2-3,12-14H2,1H3. The van der Waals surface area contributed by atoms with Crippen molar-refractivity contribution in [3.05, 3.63) is 64.1 Å². The Balaban J connectivity index is 1.76. The van der Waals surface area contributed by atoms with Crippen LogP contribution in [0.25, 0.3) is 0 Å². The van der Waals surface area contributed by atoms with E-state index >= 15 is 0 Å². The molecular weight excluding hydrogens is 446 g/mol. The van der Waals surface area contributed by atoms with Crippen LogP contribution in [0.5, 0.6) is 5.75 Å². The zero-order valence-corrected chi connectivity index (χ0v) is 17.9. The van der Waals surface area contributed by atoms with Crippen LogP contribution in [0, 0.1) is 0 Å². The number of halogens is 1. The van der Waals surface area contributed by atoms with Crippen LogP contribution >= 0.6 is 15.9 Å². The fourth-order valence-electron chi connectivity index (χ4n) is 3.07. The van der Waals surface area contributed by atoms with Gasteiger partial charge in [-0.05, 0) is 54.8 Å². The van der Waals surface area contributed by atoms with Gasteiger partial charge in [-0.2, -0.15) is 8.42 Å². The molecule has 0 radical (unpaired) electrons. The number of rotatable bonds is 7. The zero-order chi connectivity index (χ0) is 20.1. The van der Waals surface area contributed by atoms with E-state index < -0.39 is 10.1 Å². The van der Waals surface area contributed by atoms with Crippen molar-refractivity contribution in [2.24, 2.45) is 0 Å². The summed E-state index contributed by atoms with van der Waals surface area (Å²) < 4.78 is 34.0. The third-order valence-electron chi connectivity index (χ3n) is 4.37. The van der Waals surface area contributed by atoms with Crippen molar-refractivity contribution in [3.63, 3.8) is 0 Å². The Morgan fingerprint density at radius 2 is 1.86 bits per heavy atom. The molecule has 3 rings (SSSR count). The first kappa shape index (κ1) is 20.8. The number of nitrogens with zero attached hydrogens (tertiary/aromatic N) is 1. The Morgan fingerprint density at radius 1 is 1.18 bits per heavy atom. The smallest absolute Gasteiger partial charge is 0.306 e. The van der Waals surface area contributed by atoms with Gasteiger partial charge in [-0.1, -0.05) is 28.1 Å². The summed E-state index contributed by atoms with van der Waals surface area (Å²) in [7, 11) is -3.57. The first-order valence-electron chi connectivity index (χ1n) is 8.95. The molecule has 1 heterocycles. The number of carbonyl (C=O) groups is 1. The van der Waals surface area contributed by atoms with Gasteiger partial charge < -0.3 is 13.8 Å². The van der Waals surface area contributed by atoms with E-state index in [0.717, 1.165) is 35.7 Å². The molecule has 1 aliphatic rings. The molecule has 8 heteroatoms. The van der Waals surface area contributed by atoms with E-state index in [-0.39, 0.29) is 17.8 Å². The van der Waals surface area contributed by atoms with Crippen molar-refractivity contribution in [3.8, 4) is 5.75 Å². The normalized spacial score (nSPS) is 16.7. The molecule has 1 unspecified atom stereocenters. The maximum Gasteiger partial charge on any atom is 0.306 e. The Bertz CT molecular complexity index is 907. The summed E-state index contributed by atoms with van der Waals surface area (Å²) in [6.45, 7) is 1.63. The lowest BCUT2D eigenvalue weighted by molar-refractivity contribution is 0.0507. The van der Waals surface area contributed by atoms with Crippen molar-refractivity contribution < 1.29 is 22.1 Å². The molecule has 2 aromatic carbocycles. The minimum Gasteiger partial charge on any atom is -0.383 e. The zero-order valence-electron chi connectivity index (χ0n) is 15.5. The van der Waals surface area contributed by atoms with Gasteiger partial charge in [0.05, 0.1) is 12.4 Å². The second-order valence-corrected chi connectivity index (χ2v) is 9.25. The third kappa shape index (κ3) is 6.05. The largest absolute Gasteiger partial charge is 0.383 e. The maximum atomic E-state index is 13.1. The number of benzene rings is 2. The van der Waals surface area contributed by atoms with Crippen LogP contribution in [0.3, 0.4) is 0 Å². The van der Waals surface area contributed by atoms with Gasteiger partial charge in [-0.3, -0.25) is 4.79 Å². The maximum absolute atomic E-state index is 13.1. The van der Waals surface area contributed by atoms with Crippen LogP contribution in [-0.4, -0.2) is 44.7 Å². The summed E-state index contributed by atoms with van der Waals surface area (Å²) in [6.07, 6.45) is 2.97. The highest BCUT2D eigenvalue weighted by Gasteiger charge is 2.23. The van der Waals surface area contributed by atoms with Gasteiger partial charge in [-0.25, -0.2) is 0 Å². The molecule has 150 valence electrons. The monoisotopic (exact) mass is 467 g/mol. The van der Waals surface area contributed by atoms with E-state index in [2.05, 4.69) is 15.9 Å². The fraction of sp³-hybridized carbons (Fsp3) is 0.350. The summed E-state index contributed by atoms with van der Waals surface area (Å²) in [4.78, 5) is 14.8. The fourth-order valence-corrected chi connectivity index (χ4v) is 3.80. The van der Waals surface area contributed by atoms with Crippen LogP contribution in [0.4, 0.5) is 0 Å². The van der Waals surface area contributed by atoms with Crippen molar-refractivity contribution in [1.82, 2.24) is 4.90 Å². The molecule has 0 N–H and O–H groups in total. The SMILES string of the molecule is CS(=O)(=O)Oc1ccc(CN(CC2CCCO2)C(=O)c2ccc(Br)cc2)cc1. The van der Waals surface area contributed by atoms with Gasteiger partial charge >= 0.3 is 10.1 Å². The van der Waals surface area contributed by atoms with E-state index in [4.69, 9.17) is 8.92 Å². The number of hydrogen-bond donors (Lipinski definition) is 0. The molecule has 1 atom stereocenters. The third-order valence-corrected chi connectivity index (χ3v) is 5.39. The van der Waals surface area contributed by atoms with Gasteiger partial charge in [0.2, 0.25) is 0 Å². The first-order valence-corrected chi connectivity index (χ1v) is 11.6.